The third-order valence-electron chi connectivity index (χ3n) is 3.48. The third-order valence-corrected chi connectivity index (χ3v) is 3.48. The van der Waals surface area contributed by atoms with E-state index >= 15 is 0 Å². The number of carbonyl (C=O) groups excluding carboxylic acids is 1. The van der Waals surface area contributed by atoms with Crippen LogP contribution in [-0.4, -0.2) is 23.5 Å². The van der Waals surface area contributed by atoms with Crippen molar-refractivity contribution in [2.45, 2.75) is 19.4 Å². The third kappa shape index (κ3) is 1.91. The van der Waals surface area contributed by atoms with Crippen molar-refractivity contribution in [2.75, 3.05) is 6.61 Å². The van der Waals surface area contributed by atoms with Gasteiger partial charge in [0.1, 0.15) is 0 Å². The summed E-state index contributed by atoms with van der Waals surface area (Å²) in [6.07, 6.45) is 2.75. The molecule has 1 saturated heterocycles. The van der Waals surface area contributed by atoms with Crippen LogP contribution in [0.25, 0.3) is 10.9 Å². The zero-order valence-corrected chi connectivity index (χ0v) is 10.3. The molecule has 2 atom stereocenters. The maximum absolute atomic E-state index is 12.5. The van der Waals surface area contributed by atoms with Crippen molar-refractivity contribution in [2.24, 2.45) is 5.92 Å². The Morgan fingerprint density at radius 1 is 1.33 bits per heavy atom. The summed E-state index contributed by atoms with van der Waals surface area (Å²) < 4.78 is 5.48. The van der Waals surface area contributed by atoms with Gasteiger partial charge in [0.25, 0.3) is 0 Å². The van der Waals surface area contributed by atoms with Crippen molar-refractivity contribution < 1.29 is 9.53 Å². The van der Waals surface area contributed by atoms with E-state index in [1.54, 1.807) is 6.20 Å². The number of ether oxygens (including phenoxy) is 1. The van der Waals surface area contributed by atoms with E-state index in [0.29, 0.717) is 6.61 Å². The number of hydrogen-bond acceptors (Lipinski definition) is 3. The number of ketones is 1. The molecule has 0 N–H and O–H groups in total. The van der Waals surface area contributed by atoms with Crippen LogP contribution in [0.3, 0.4) is 0 Å². The van der Waals surface area contributed by atoms with Crippen molar-refractivity contribution in [1.82, 2.24) is 4.98 Å². The fourth-order valence-corrected chi connectivity index (χ4v) is 2.54. The Hall–Kier alpha value is -1.74. The van der Waals surface area contributed by atoms with Crippen LogP contribution in [0, 0.1) is 5.92 Å². The summed E-state index contributed by atoms with van der Waals surface area (Å²) in [6.45, 7) is 2.55. The van der Waals surface area contributed by atoms with E-state index in [1.165, 1.54) is 0 Å². The summed E-state index contributed by atoms with van der Waals surface area (Å²) in [4.78, 5) is 16.8. The highest BCUT2D eigenvalue weighted by molar-refractivity contribution is 6.08. The van der Waals surface area contributed by atoms with Gasteiger partial charge in [-0.05, 0) is 25.5 Å². The number of Topliss-reactive ketones (excluding diaryl/α,β-unsaturated/α-hetero) is 1. The quantitative estimate of drug-likeness (QED) is 0.759. The number of carbonyl (C=O) groups is 1. The van der Waals surface area contributed by atoms with Crippen molar-refractivity contribution in [3.8, 4) is 0 Å². The molecule has 92 valence electrons. The molecule has 3 nitrogen and oxygen atoms in total. The number of rotatable bonds is 2. The van der Waals surface area contributed by atoms with Crippen molar-refractivity contribution >= 4 is 16.7 Å². The molecule has 0 radical (unpaired) electrons. The molecule has 2 unspecified atom stereocenters. The molecule has 0 bridgehead atoms. The first-order chi connectivity index (χ1) is 8.75. The average Bonchev–Trinajstić information content (AvgIpc) is 2.84. The molecule has 0 amide bonds. The lowest BCUT2D eigenvalue weighted by Crippen LogP contribution is -2.15. The molecule has 3 rings (SSSR count). The highest BCUT2D eigenvalue weighted by Gasteiger charge is 2.29. The van der Waals surface area contributed by atoms with E-state index in [1.807, 2.05) is 37.3 Å². The Morgan fingerprint density at radius 3 is 3.00 bits per heavy atom. The van der Waals surface area contributed by atoms with E-state index in [-0.39, 0.29) is 17.8 Å². The first-order valence-corrected chi connectivity index (χ1v) is 6.25. The first-order valence-electron chi connectivity index (χ1n) is 6.25. The largest absolute Gasteiger partial charge is 0.378 e. The zero-order chi connectivity index (χ0) is 12.5. The Balaban J connectivity index is 2.01. The van der Waals surface area contributed by atoms with E-state index in [0.717, 1.165) is 22.9 Å². The summed E-state index contributed by atoms with van der Waals surface area (Å²) in [5.74, 6) is 0.170. The molecule has 1 aliphatic rings. The van der Waals surface area contributed by atoms with E-state index in [2.05, 4.69) is 4.98 Å². The minimum atomic E-state index is -0.00851. The normalized spacial score (nSPS) is 23.4. The molecule has 0 aliphatic carbocycles. The molecule has 2 aromatic rings. The van der Waals surface area contributed by atoms with Gasteiger partial charge >= 0.3 is 0 Å². The van der Waals surface area contributed by atoms with Crippen LogP contribution in [-0.2, 0) is 4.74 Å². The molecule has 0 spiro atoms. The average molecular weight is 241 g/mol. The Morgan fingerprint density at radius 2 is 2.22 bits per heavy atom. The molecule has 1 aromatic carbocycles. The number of hydrogen-bond donors (Lipinski definition) is 0. The Labute approximate surface area is 106 Å². The maximum atomic E-state index is 12.5. The fraction of sp³-hybridized carbons (Fsp3) is 0.333. The van der Waals surface area contributed by atoms with Crippen LogP contribution in [0.5, 0.6) is 0 Å². The van der Waals surface area contributed by atoms with Gasteiger partial charge in [-0.25, -0.2) is 0 Å². The molecule has 1 aliphatic heterocycles. The summed E-state index contributed by atoms with van der Waals surface area (Å²) in [5.41, 5.74) is 1.64. The van der Waals surface area contributed by atoms with Gasteiger partial charge in [0.05, 0.1) is 18.2 Å². The second-order valence-electron chi connectivity index (χ2n) is 4.82. The lowest BCUT2D eigenvalue weighted by Gasteiger charge is -2.09. The Kier molecular flexibility index (Phi) is 2.84. The standard InChI is InChI=1S/C15H15NO2/c1-10-8-11(9-18-10)15(17)13-4-2-6-14-12(13)5-3-7-16-14/h2-7,10-11H,8-9H2,1H3. The molecule has 1 fully saturated rings. The second-order valence-corrected chi connectivity index (χ2v) is 4.82. The zero-order valence-electron chi connectivity index (χ0n) is 10.3. The topological polar surface area (TPSA) is 39.2 Å². The van der Waals surface area contributed by atoms with Crippen molar-refractivity contribution in [1.29, 1.82) is 0 Å². The lowest BCUT2D eigenvalue weighted by atomic mass is 9.93. The SMILES string of the molecule is CC1CC(C(=O)c2cccc3ncccc23)CO1. The number of aromatic nitrogens is 1. The predicted octanol–water partition coefficient (Wildman–Crippen LogP) is 2.84. The number of benzene rings is 1. The van der Waals surface area contributed by atoms with Gasteiger partial charge in [-0.3, -0.25) is 9.78 Å². The van der Waals surface area contributed by atoms with Crippen molar-refractivity contribution in [3.63, 3.8) is 0 Å². The van der Waals surface area contributed by atoms with Crippen LogP contribution < -0.4 is 0 Å². The van der Waals surface area contributed by atoms with Crippen LogP contribution in [0.4, 0.5) is 0 Å². The van der Waals surface area contributed by atoms with Gasteiger partial charge in [-0.2, -0.15) is 0 Å². The van der Waals surface area contributed by atoms with Crippen LogP contribution in [0.15, 0.2) is 36.5 Å². The van der Waals surface area contributed by atoms with E-state index in [9.17, 15) is 4.79 Å². The number of nitrogens with zero attached hydrogens (tertiary/aromatic N) is 1. The molecule has 2 heterocycles. The molecule has 0 saturated carbocycles. The predicted molar refractivity (Wildman–Crippen MR) is 69.6 cm³/mol. The van der Waals surface area contributed by atoms with Crippen LogP contribution in [0.2, 0.25) is 0 Å². The van der Waals surface area contributed by atoms with Crippen molar-refractivity contribution in [3.05, 3.63) is 42.1 Å². The summed E-state index contributed by atoms with van der Waals surface area (Å²) >= 11 is 0. The van der Waals surface area contributed by atoms with Crippen LogP contribution in [0.1, 0.15) is 23.7 Å². The summed E-state index contributed by atoms with van der Waals surface area (Å²) in [5, 5.41) is 0.935. The second kappa shape index (κ2) is 4.50. The summed E-state index contributed by atoms with van der Waals surface area (Å²) in [6, 6.07) is 9.53. The number of fused-ring (bicyclic) bond motifs is 1. The highest BCUT2D eigenvalue weighted by atomic mass is 16.5. The summed E-state index contributed by atoms with van der Waals surface area (Å²) in [7, 11) is 0. The van der Waals surface area contributed by atoms with Gasteiger partial charge in [-0.1, -0.05) is 18.2 Å². The highest BCUT2D eigenvalue weighted by Crippen LogP contribution is 2.26. The van der Waals surface area contributed by atoms with Gasteiger partial charge in [0, 0.05) is 23.1 Å². The lowest BCUT2D eigenvalue weighted by molar-refractivity contribution is 0.0879. The van der Waals surface area contributed by atoms with E-state index in [4.69, 9.17) is 4.74 Å². The first kappa shape index (κ1) is 11.4. The molecular weight excluding hydrogens is 226 g/mol. The molecule has 18 heavy (non-hydrogen) atoms. The van der Waals surface area contributed by atoms with Gasteiger partial charge < -0.3 is 4.74 Å². The van der Waals surface area contributed by atoms with Gasteiger partial charge in [-0.15, -0.1) is 0 Å². The smallest absolute Gasteiger partial charge is 0.169 e. The monoisotopic (exact) mass is 241 g/mol. The molecule has 1 aromatic heterocycles. The number of pyridine rings is 1. The molecular formula is C15H15NO2. The minimum Gasteiger partial charge on any atom is -0.378 e. The maximum Gasteiger partial charge on any atom is 0.169 e. The Bertz CT molecular complexity index is 589. The van der Waals surface area contributed by atoms with Gasteiger partial charge in [0.15, 0.2) is 5.78 Å². The van der Waals surface area contributed by atoms with Crippen LogP contribution >= 0.6 is 0 Å². The fourth-order valence-electron chi connectivity index (χ4n) is 2.54. The molecule has 3 heteroatoms. The van der Waals surface area contributed by atoms with Gasteiger partial charge in [0.2, 0.25) is 0 Å². The minimum absolute atomic E-state index is 0.00851. The van der Waals surface area contributed by atoms with E-state index < -0.39 is 0 Å².